The van der Waals surface area contributed by atoms with Gasteiger partial charge >= 0.3 is 0 Å². The number of aliphatic hydroxyl groups excluding tert-OH is 1. The molecule has 6 heteroatoms. The number of carbonyl (C=O) groups excluding carboxylic acids is 1. The lowest BCUT2D eigenvalue weighted by atomic mass is 10.2. The molecule has 1 amide bonds. The van der Waals surface area contributed by atoms with Gasteiger partial charge in [0.05, 0.1) is 18.6 Å². The highest BCUT2D eigenvalue weighted by atomic mass is 32.2. The second-order valence-electron chi connectivity index (χ2n) is 4.17. The van der Waals surface area contributed by atoms with Gasteiger partial charge in [0.15, 0.2) is 0 Å². The fourth-order valence-corrected chi connectivity index (χ4v) is 2.47. The lowest BCUT2D eigenvalue weighted by molar-refractivity contribution is -0.119. The van der Waals surface area contributed by atoms with Crippen molar-refractivity contribution in [2.75, 3.05) is 12.4 Å². The third-order valence-corrected chi connectivity index (χ3v) is 3.66. The van der Waals surface area contributed by atoms with Crippen molar-refractivity contribution >= 4 is 17.7 Å². The molecule has 0 saturated carbocycles. The van der Waals surface area contributed by atoms with Gasteiger partial charge in [-0.25, -0.2) is 0 Å². The molecule has 0 saturated heterocycles. The first-order valence-electron chi connectivity index (χ1n) is 6.20. The Hall–Kier alpha value is -1.79. The molecule has 2 rings (SSSR count). The molecule has 0 aliphatic carbocycles. The van der Waals surface area contributed by atoms with Gasteiger partial charge in [-0.3, -0.25) is 9.78 Å². The summed E-state index contributed by atoms with van der Waals surface area (Å²) in [7, 11) is 0. The van der Waals surface area contributed by atoms with Crippen LogP contribution in [-0.2, 0) is 10.5 Å². The minimum absolute atomic E-state index is 0.125. The van der Waals surface area contributed by atoms with Crippen LogP contribution in [0.2, 0.25) is 0 Å². The standard InChI is InChI=1S/C14H16N2O3S/c17-8-12(13-2-1-7-19-13)16-14(18)10-20-9-11-3-5-15-6-4-11/h1-7,12,17H,8-10H2,(H,16,18). The number of aliphatic hydroxyl groups is 1. The maximum absolute atomic E-state index is 11.8. The summed E-state index contributed by atoms with van der Waals surface area (Å²) in [5.74, 6) is 1.51. The lowest BCUT2D eigenvalue weighted by Gasteiger charge is -2.13. The van der Waals surface area contributed by atoms with Gasteiger partial charge < -0.3 is 14.8 Å². The van der Waals surface area contributed by atoms with Crippen molar-refractivity contribution in [1.29, 1.82) is 0 Å². The van der Waals surface area contributed by atoms with Crippen LogP contribution in [0.3, 0.4) is 0 Å². The number of hydrogen-bond donors (Lipinski definition) is 2. The van der Waals surface area contributed by atoms with Crippen LogP contribution < -0.4 is 5.32 Å². The van der Waals surface area contributed by atoms with Gasteiger partial charge in [-0.05, 0) is 29.8 Å². The number of carbonyl (C=O) groups is 1. The molecule has 0 aliphatic rings. The second-order valence-corrected chi connectivity index (χ2v) is 5.15. The van der Waals surface area contributed by atoms with E-state index in [4.69, 9.17) is 4.42 Å². The van der Waals surface area contributed by atoms with Gasteiger partial charge in [-0.2, -0.15) is 0 Å². The van der Waals surface area contributed by atoms with E-state index in [-0.39, 0.29) is 12.5 Å². The Morgan fingerprint density at radius 3 is 2.85 bits per heavy atom. The van der Waals surface area contributed by atoms with Crippen LogP contribution >= 0.6 is 11.8 Å². The van der Waals surface area contributed by atoms with Gasteiger partial charge in [-0.1, -0.05) is 0 Å². The van der Waals surface area contributed by atoms with E-state index in [0.29, 0.717) is 11.5 Å². The number of furan rings is 1. The Kier molecular flexibility index (Phi) is 5.64. The first kappa shape index (κ1) is 14.6. The SMILES string of the molecule is O=C(CSCc1ccncc1)NC(CO)c1ccco1. The van der Waals surface area contributed by atoms with Crippen LogP contribution in [0.1, 0.15) is 17.4 Å². The molecule has 5 nitrogen and oxygen atoms in total. The van der Waals surface area contributed by atoms with Crippen LogP contribution in [0, 0.1) is 0 Å². The molecule has 20 heavy (non-hydrogen) atoms. The molecule has 1 unspecified atom stereocenters. The number of hydrogen-bond acceptors (Lipinski definition) is 5. The predicted octanol–water partition coefficient (Wildman–Crippen LogP) is 1.76. The highest BCUT2D eigenvalue weighted by molar-refractivity contribution is 7.99. The maximum atomic E-state index is 11.8. The van der Waals surface area contributed by atoms with E-state index in [1.807, 2.05) is 12.1 Å². The molecule has 0 bridgehead atoms. The molecule has 2 N–H and O–H groups in total. The van der Waals surface area contributed by atoms with Crippen LogP contribution in [0.25, 0.3) is 0 Å². The summed E-state index contributed by atoms with van der Waals surface area (Å²) in [6.45, 7) is -0.186. The van der Waals surface area contributed by atoms with Crippen LogP contribution in [0.5, 0.6) is 0 Å². The molecule has 0 aliphatic heterocycles. The first-order valence-corrected chi connectivity index (χ1v) is 7.35. The Bertz CT molecular complexity index is 516. The first-order chi connectivity index (χ1) is 9.79. The van der Waals surface area contributed by atoms with Gasteiger partial charge in [0.2, 0.25) is 5.91 Å². The summed E-state index contributed by atoms with van der Waals surface area (Å²) in [6.07, 6.45) is 4.98. The number of pyridine rings is 1. The van der Waals surface area contributed by atoms with Crippen molar-refractivity contribution in [2.24, 2.45) is 0 Å². The fraction of sp³-hybridized carbons (Fsp3) is 0.286. The molecular weight excluding hydrogens is 276 g/mol. The number of amides is 1. The minimum Gasteiger partial charge on any atom is -0.467 e. The number of nitrogens with zero attached hydrogens (tertiary/aromatic N) is 1. The largest absolute Gasteiger partial charge is 0.467 e. The molecule has 2 heterocycles. The van der Waals surface area contributed by atoms with Crippen LogP contribution in [-0.4, -0.2) is 28.4 Å². The van der Waals surface area contributed by atoms with Gasteiger partial charge in [0.25, 0.3) is 0 Å². The molecular formula is C14H16N2O3S. The fourth-order valence-electron chi connectivity index (χ4n) is 1.67. The minimum atomic E-state index is -0.487. The molecule has 2 aromatic rings. The summed E-state index contributed by atoms with van der Waals surface area (Å²) >= 11 is 1.51. The van der Waals surface area contributed by atoms with Crippen molar-refractivity contribution in [3.05, 3.63) is 54.2 Å². The van der Waals surface area contributed by atoms with Crippen LogP contribution in [0.15, 0.2) is 47.3 Å². The van der Waals surface area contributed by atoms with E-state index in [2.05, 4.69) is 10.3 Å². The smallest absolute Gasteiger partial charge is 0.230 e. The Morgan fingerprint density at radius 1 is 1.40 bits per heavy atom. The molecule has 2 aromatic heterocycles. The summed E-state index contributed by atoms with van der Waals surface area (Å²) in [5, 5.41) is 12.0. The van der Waals surface area contributed by atoms with E-state index in [1.165, 1.54) is 18.0 Å². The third kappa shape index (κ3) is 4.40. The highest BCUT2D eigenvalue weighted by Crippen LogP contribution is 2.14. The van der Waals surface area contributed by atoms with Crippen LogP contribution in [0.4, 0.5) is 0 Å². The summed E-state index contributed by atoms with van der Waals surface area (Å²) < 4.78 is 5.17. The highest BCUT2D eigenvalue weighted by Gasteiger charge is 2.15. The molecule has 106 valence electrons. The zero-order valence-corrected chi connectivity index (χ0v) is 11.7. The van der Waals surface area contributed by atoms with Crippen molar-refractivity contribution < 1.29 is 14.3 Å². The average molecular weight is 292 g/mol. The van der Waals surface area contributed by atoms with Crippen molar-refractivity contribution in [3.8, 4) is 0 Å². The zero-order chi connectivity index (χ0) is 14.2. The molecule has 0 aromatic carbocycles. The predicted molar refractivity (Wildman–Crippen MR) is 77.1 cm³/mol. The van der Waals surface area contributed by atoms with Gasteiger partial charge in [0.1, 0.15) is 11.8 Å². The number of nitrogens with one attached hydrogen (secondary N) is 1. The summed E-state index contributed by atoms with van der Waals surface area (Å²) in [4.78, 5) is 15.7. The van der Waals surface area contributed by atoms with E-state index < -0.39 is 6.04 Å². The van der Waals surface area contributed by atoms with E-state index >= 15 is 0 Å². The second kappa shape index (κ2) is 7.72. The quantitative estimate of drug-likeness (QED) is 0.813. The molecule has 0 fully saturated rings. The lowest BCUT2D eigenvalue weighted by Crippen LogP contribution is -2.31. The number of rotatable bonds is 7. The summed E-state index contributed by atoms with van der Waals surface area (Å²) in [5.41, 5.74) is 1.13. The Morgan fingerprint density at radius 2 is 2.20 bits per heavy atom. The zero-order valence-electron chi connectivity index (χ0n) is 10.9. The van der Waals surface area contributed by atoms with E-state index in [9.17, 15) is 9.90 Å². The van der Waals surface area contributed by atoms with Crippen molar-refractivity contribution in [3.63, 3.8) is 0 Å². The van der Waals surface area contributed by atoms with Gasteiger partial charge in [-0.15, -0.1) is 11.8 Å². The normalized spacial score (nSPS) is 12.1. The average Bonchev–Trinajstić information content (AvgIpc) is 3.00. The Balaban J connectivity index is 1.75. The summed E-state index contributed by atoms with van der Waals surface area (Å²) in [6, 6.07) is 6.81. The van der Waals surface area contributed by atoms with Crippen molar-refractivity contribution in [2.45, 2.75) is 11.8 Å². The van der Waals surface area contributed by atoms with E-state index in [0.717, 1.165) is 11.3 Å². The van der Waals surface area contributed by atoms with Crippen molar-refractivity contribution in [1.82, 2.24) is 10.3 Å². The monoisotopic (exact) mass is 292 g/mol. The molecule has 0 radical (unpaired) electrons. The number of aromatic nitrogens is 1. The third-order valence-electron chi connectivity index (χ3n) is 2.66. The molecule has 0 spiro atoms. The Labute approximate surface area is 121 Å². The van der Waals surface area contributed by atoms with E-state index in [1.54, 1.807) is 24.5 Å². The topological polar surface area (TPSA) is 75.4 Å². The molecule has 1 atom stereocenters. The number of thioether (sulfide) groups is 1. The van der Waals surface area contributed by atoms with Gasteiger partial charge in [0, 0.05) is 18.1 Å². The maximum Gasteiger partial charge on any atom is 0.230 e.